The van der Waals surface area contributed by atoms with E-state index in [4.69, 9.17) is 5.73 Å². The van der Waals surface area contributed by atoms with Gasteiger partial charge in [-0.1, -0.05) is 12.1 Å². The second-order valence-electron chi connectivity index (χ2n) is 4.39. The fraction of sp³-hybridized carbons (Fsp3) is 0.0714. The molecule has 0 aliphatic carbocycles. The van der Waals surface area contributed by atoms with E-state index in [9.17, 15) is 4.79 Å². The molecule has 1 aromatic carbocycles. The second-order valence-corrected chi connectivity index (χ2v) is 5.28. The summed E-state index contributed by atoms with van der Waals surface area (Å²) in [5.41, 5.74) is 7.82. The largest absolute Gasteiger partial charge is 0.375 e. The topological polar surface area (TPSA) is 85.8 Å². The van der Waals surface area contributed by atoms with Gasteiger partial charge in [-0.25, -0.2) is 9.97 Å². The number of nitrogens with one attached hydrogen (secondary N) is 1. The number of benzene rings is 1. The Labute approximate surface area is 125 Å². The van der Waals surface area contributed by atoms with Crippen LogP contribution in [-0.4, -0.2) is 20.4 Å². The van der Waals surface area contributed by atoms with Gasteiger partial charge in [-0.2, -0.15) is 0 Å². The zero-order valence-corrected chi connectivity index (χ0v) is 11.9. The van der Waals surface area contributed by atoms with Gasteiger partial charge in [0.25, 0.3) is 0 Å². The number of imidazole rings is 1. The molecule has 0 aliphatic rings. The predicted octanol–water partition coefficient (Wildman–Crippen LogP) is 2.09. The van der Waals surface area contributed by atoms with Gasteiger partial charge in [0.2, 0.25) is 5.91 Å². The molecule has 3 aromatic rings. The Balaban J connectivity index is 1.77. The maximum atomic E-state index is 12.1. The quantitative estimate of drug-likeness (QED) is 0.772. The second kappa shape index (κ2) is 5.76. The van der Waals surface area contributed by atoms with Gasteiger partial charge in [0, 0.05) is 17.8 Å². The molecule has 3 rings (SSSR count). The van der Waals surface area contributed by atoms with Crippen LogP contribution in [0.1, 0.15) is 5.69 Å². The monoisotopic (exact) mass is 299 g/mol. The van der Waals surface area contributed by atoms with Crippen LogP contribution < -0.4 is 11.1 Å². The Morgan fingerprint density at radius 2 is 2.24 bits per heavy atom. The minimum absolute atomic E-state index is 0.132. The lowest BCUT2D eigenvalue weighted by atomic mass is 10.2. The molecule has 21 heavy (non-hydrogen) atoms. The first kappa shape index (κ1) is 13.3. The molecule has 0 radical (unpaired) electrons. The van der Waals surface area contributed by atoms with Crippen molar-refractivity contribution in [2.45, 2.75) is 6.42 Å². The summed E-state index contributed by atoms with van der Waals surface area (Å²) in [7, 11) is 0. The summed E-state index contributed by atoms with van der Waals surface area (Å²) in [6.45, 7) is 0. The first-order valence-electron chi connectivity index (χ1n) is 6.29. The Hall–Kier alpha value is -2.67. The molecule has 0 fully saturated rings. The number of amides is 1. The molecule has 7 heteroatoms. The lowest BCUT2D eigenvalue weighted by Crippen LogP contribution is -2.16. The van der Waals surface area contributed by atoms with Crippen LogP contribution in [0, 0.1) is 0 Å². The van der Waals surface area contributed by atoms with E-state index in [-0.39, 0.29) is 12.3 Å². The highest BCUT2D eigenvalue weighted by Crippen LogP contribution is 2.20. The van der Waals surface area contributed by atoms with E-state index in [0.29, 0.717) is 10.8 Å². The van der Waals surface area contributed by atoms with Gasteiger partial charge < -0.3 is 15.6 Å². The Morgan fingerprint density at radius 1 is 1.38 bits per heavy atom. The maximum Gasteiger partial charge on any atom is 0.230 e. The van der Waals surface area contributed by atoms with Gasteiger partial charge in [0.1, 0.15) is 0 Å². The molecule has 106 valence electrons. The number of aromatic nitrogens is 3. The van der Waals surface area contributed by atoms with Crippen molar-refractivity contribution in [3.63, 3.8) is 0 Å². The van der Waals surface area contributed by atoms with Gasteiger partial charge in [-0.3, -0.25) is 4.79 Å². The number of hydrogen-bond donors (Lipinski definition) is 2. The molecule has 6 nitrogen and oxygen atoms in total. The number of carbonyl (C=O) groups excluding carboxylic acids is 1. The minimum atomic E-state index is -0.132. The van der Waals surface area contributed by atoms with E-state index < -0.39 is 0 Å². The van der Waals surface area contributed by atoms with Gasteiger partial charge in [-0.15, -0.1) is 11.3 Å². The summed E-state index contributed by atoms with van der Waals surface area (Å²) in [5, 5.41) is 5.15. The minimum Gasteiger partial charge on any atom is -0.375 e. The van der Waals surface area contributed by atoms with Crippen LogP contribution >= 0.6 is 11.3 Å². The Morgan fingerprint density at radius 3 is 2.95 bits per heavy atom. The number of thiazole rings is 1. The zero-order valence-electron chi connectivity index (χ0n) is 11.1. The van der Waals surface area contributed by atoms with Crippen LogP contribution in [0.25, 0.3) is 5.69 Å². The lowest BCUT2D eigenvalue weighted by Gasteiger charge is -2.11. The van der Waals surface area contributed by atoms with Crippen molar-refractivity contribution < 1.29 is 4.79 Å². The molecule has 3 N–H and O–H groups in total. The van der Waals surface area contributed by atoms with Crippen LogP contribution in [0.4, 0.5) is 10.8 Å². The number of para-hydroxylation sites is 2. The number of hydrogen-bond acceptors (Lipinski definition) is 5. The van der Waals surface area contributed by atoms with Crippen molar-refractivity contribution in [1.29, 1.82) is 0 Å². The normalized spacial score (nSPS) is 10.5. The van der Waals surface area contributed by atoms with Gasteiger partial charge in [0.05, 0.1) is 29.8 Å². The highest BCUT2D eigenvalue weighted by molar-refractivity contribution is 7.13. The summed E-state index contributed by atoms with van der Waals surface area (Å²) in [4.78, 5) is 20.2. The van der Waals surface area contributed by atoms with E-state index in [2.05, 4.69) is 15.3 Å². The van der Waals surface area contributed by atoms with E-state index in [0.717, 1.165) is 11.4 Å². The number of rotatable bonds is 4. The van der Waals surface area contributed by atoms with Crippen LogP contribution in [-0.2, 0) is 11.2 Å². The van der Waals surface area contributed by atoms with Gasteiger partial charge >= 0.3 is 0 Å². The molecule has 0 atom stereocenters. The van der Waals surface area contributed by atoms with Crippen molar-refractivity contribution in [1.82, 2.24) is 14.5 Å². The Kier molecular flexibility index (Phi) is 3.65. The van der Waals surface area contributed by atoms with Gasteiger partial charge in [0.15, 0.2) is 5.13 Å². The van der Waals surface area contributed by atoms with E-state index in [1.54, 1.807) is 17.9 Å². The molecule has 2 aromatic heterocycles. The number of nitrogens with zero attached hydrogens (tertiary/aromatic N) is 3. The SMILES string of the molecule is Nc1nc(CC(=O)Nc2ccccc2-n2ccnc2)cs1. The number of nitrogens with two attached hydrogens (primary N) is 1. The predicted molar refractivity (Wildman–Crippen MR) is 82.4 cm³/mol. The Bertz CT molecular complexity index is 750. The van der Waals surface area contributed by atoms with Crippen LogP contribution in [0.3, 0.4) is 0 Å². The first-order valence-corrected chi connectivity index (χ1v) is 7.17. The van der Waals surface area contributed by atoms with E-state index in [1.807, 2.05) is 35.0 Å². The standard InChI is InChI=1S/C14H13N5OS/c15-14-17-10(8-21-14)7-13(20)18-11-3-1-2-4-12(11)19-6-5-16-9-19/h1-6,8-9H,7H2,(H2,15,17)(H,18,20). The van der Waals surface area contributed by atoms with Crippen molar-refractivity contribution in [2.24, 2.45) is 0 Å². The molecule has 1 amide bonds. The lowest BCUT2D eigenvalue weighted by molar-refractivity contribution is -0.115. The average Bonchev–Trinajstić information content (AvgIpc) is 3.11. The van der Waals surface area contributed by atoms with E-state index in [1.165, 1.54) is 11.3 Å². The molecular formula is C14H13N5OS. The van der Waals surface area contributed by atoms with Crippen LogP contribution in [0.15, 0.2) is 48.4 Å². The summed E-state index contributed by atoms with van der Waals surface area (Å²) in [6, 6.07) is 7.55. The molecule has 0 aliphatic heterocycles. The van der Waals surface area contributed by atoms with Crippen molar-refractivity contribution in [3.05, 3.63) is 54.1 Å². The number of nitrogen functional groups attached to an aromatic ring is 1. The third kappa shape index (κ3) is 3.09. The maximum absolute atomic E-state index is 12.1. The summed E-state index contributed by atoms with van der Waals surface area (Å²) >= 11 is 1.33. The molecule has 0 spiro atoms. The molecular weight excluding hydrogens is 286 g/mol. The molecule has 0 saturated carbocycles. The molecule has 0 bridgehead atoms. The van der Waals surface area contributed by atoms with Crippen LogP contribution in [0.2, 0.25) is 0 Å². The summed E-state index contributed by atoms with van der Waals surface area (Å²) < 4.78 is 1.84. The third-order valence-electron chi connectivity index (χ3n) is 2.87. The van der Waals surface area contributed by atoms with Crippen molar-refractivity contribution in [3.8, 4) is 5.69 Å². The van der Waals surface area contributed by atoms with Crippen molar-refractivity contribution in [2.75, 3.05) is 11.1 Å². The molecule has 0 saturated heterocycles. The first-order chi connectivity index (χ1) is 10.2. The highest BCUT2D eigenvalue weighted by atomic mass is 32.1. The molecule has 2 heterocycles. The van der Waals surface area contributed by atoms with Crippen molar-refractivity contribution >= 4 is 28.1 Å². The highest BCUT2D eigenvalue weighted by Gasteiger charge is 2.10. The summed E-state index contributed by atoms with van der Waals surface area (Å²) in [6.07, 6.45) is 5.40. The third-order valence-corrected chi connectivity index (χ3v) is 3.59. The van der Waals surface area contributed by atoms with E-state index >= 15 is 0 Å². The fourth-order valence-electron chi connectivity index (χ4n) is 1.97. The van der Waals surface area contributed by atoms with Gasteiger partial charge in [-0.05, 0) is 12.1 Å². The fourth-order valence-corrected chi connectivity index (χ4v) is 2.53. The number of anilines is 2. The molecule has 0 unspecified atom stereocenters. The zero-order chi connectivity index (χ0) is 14.7. The van der Waals surface area contributed by atoms with Crippen LogP contribution in [0.5, 0.6) is 0 Å². The average molecular weight is 299 g/mol. The smallest absolute Gasteiger partial charge is 0.230 e. The number of carbonyl (C=O) groups is 1. The summed E-state index contributed by atoms with van der Waals surface area (Å²) in [5.74, 6) is -0.132.